The topological polar surface area (TPSA) is 46.5 Å². The third-order valence-electron chi connectivity index (χ3n) is 4.08. The van der Waals surface area contributed by atoms with E-state index in [4.69, 9.17) is 21.4 Å². The smallest absolute Gasteiger partial charge is 0.303 e. The Morgan fingerprint density at radius 1 is 1.12 bits per heavy atom. The Kier molecular flexibility index (Phi) is 6.89. The van der Waals surface area contributed by atoms with Crippen LogP contribution in [-0.4, -0.2) is 11.1 Å². The highest BCUT2D eigenvalue weighted by atomic mass is 35.5. The molecule has 0 fully saturated rings. The van der Waals surface area contributed by atoms with E-state index in [2.05, 4.69) is 19.9 Å². The number of carbonyl (C=O) groups is 1. The van der Waals surface area contributed by atoms with Crippen molar-refractivity contribution in [2.24, 2.45) is 5.92 Å². The van der Waals surface area contributed by atoms with Crippen LogP contribution in [0.2, 0.25) is 5.02 Å². The van der Waals surface area contributed by atoms with Gasteiger partial charge in [-0.2, -0.15) is 0 Å². The highest BCUT2D eigenvalue weighted by Gasteiger charge is 2.10. The van der Waals surface area contributed by atoms with Gasteiger partial charge in [0.15, 0.2) is 0 Å². The number of carboxylic acid groups (broad SMARTS) is 1. The van der Waals surface area contributed by atoms with Gasteiger partial charge in [-0.1, -0.05) is 56.6 Å². The van der Waals surface area contributed by atoms with E-state index in [0.717, 1.165) is 33.9 Å². The lowest BCUT2D eigenvalue weighted by atomic mass is 9.98. The predicted octanol–water partition coefficient (Wildman–Crippen LogP) is 5.70. The largest absolute Gasteiger partial charge is 0.489 e. The van der Waals surface area contributed by atoms with E-state index in [-0.39, 0.29) is 12.3 Å². The molecule has 3 nitrogen and oxygen atoms in total. The first-order valence-corrected chi connectivity index (χ1v) is 8.94. The summed E-state index contributed by atoms with van der Waals surface area (Å²) < 4.78 is 5.81. The summed E-state index contributed by atoms with van der Waals surface area (Å²) in [5.41, 5.74) is 3.19. The molecule has 1 atom stereocenters. The molecule has 2 aromatic rings. The zero-order valence-corrected chi connectivity index (χ0v) is 15.7. The molecule has 1 N–H and O–H groups in total. The Bertz CT molecular complexity index is 708. The van der Waals surface area contributed by atoms with Crippen LogP contribution in [0.4, 0.5) is 0 Å². The summed E-state index contributed by atoms with van der Waals surface area (Å²) in [6.07, 6.45) is 1.09. The normalized spacial score (nSPS) is 12.2. The first kappa shape index (κ1) is 19.3. The van der Waals surface area contributed by atoms with Gasteiger partial charge in [-0.3, -0.25) is 4.79 Å². The van der Waals surface area contributed by atoms with E-state index in [1.807, 2.05) is 43.3 Å². The van der Waals surface area contributed by atoms with E-state index < -0.39 is 5.97 Å². The van der Waals surface area contributed by atoms with Gasteiger partial charge in [-0.15, -0.1) is 0 Å². The van der Waals surface area contributed by atoms with Crippen LogP contribution >= 0.6 is 11.6 Å². The van der Waals surface area contributed by atoms with Crippen molar-refractivity contribution in [3.05, 3.63) is 64.2 Å². The average molecular weight is 361 g/mol. The van der Waals surface area contributed by atoms with Crippen LogP contribution in [0.5, 0.6) is 5.75 Å². The average Bonchev–Trinajstić information content (AvgIpc) is 2.54. The van der Waals surface area contributed by atoms with Gasteiger partial charge in [0, 0.05) is 5.02 Å². The van der Waals surface area contributed by atoms with Gasteiger partial charge in [-0.25, -0.2) is 0 Å². The molecule has 0 bridgehead atoms. The molecule has 0 aliphatic rings. The fraction of sp³-hybridized carbons (Fsp3) is 0.381. The van der Waals surface area contributed by atoms with Crippen LogP contribution in [0.1, 0.15) is 49.8 Å². The van der Waals surface area contributed by atoms with E-state index >= 15 is 0 Å². The van der Waals surface area contributed by atoms with Gasteiger partial charge in [0.25, 0.3) is 0 Å². The predicted molar refractivity (Wildman–Crippen MR) is 101 cm³/mol. The lowest BCUT2D eigenvalue weighted by molar-refractivity contribution is -0.137. The SMILES string of the molecule is CC(C)Cc1ccc(COc2ccc([C@H](C)CC(=O)O)cc2)cc1Cl. The molecule has 0 spiro atoms. The van der Waals surface area contributed by atoms with Gasteiger partial charge in [0.1, 0.15) is 12.4 Å². The van der Waals surface area contributed by atoms with Crippen molar-refractivity contribution in [3.8, 4) is 5.75 Å². The van der Waals surface area contributed by atoms with Crippen molar-refractivity contribution in [1.29, 1.82) is 0 Å². The summed E-state index contributed by atoms with van der Waals surface area (Å²) in [4.78, 5) is 10.8. The van der Waals surface area contributed by atoms with Crippen molar-refractivity contribution in [3.63, 3.8) is 0 Å². The van der Waals surface area contributed by atoms with Crippen LogP contribution in [0.3, 0.4) is 0 Å². The summed E-state index contributed by atoms with van der Waals surface area (Å²) >= 11 is 6.35. The molecule has 4 heteroatoms. The molecule has 0 aliphatic carbocycles. The standard InChI is InChI=1S/C21H25ClO3/c1-14(2)10-18-5-4-16(12-20(18)22)13-25-19-8-6-17(7-9-19)15(3)11-21(23)24/h4-9,12,14-15H,10-11,13H2,1-3H3,(H,23,24)/t15-/m1/s1. The number of aliphatic carboxylic acids is 1. The van der Waals surface area contributed by atoms with Gasteiger partial charge in [0.2, 0.25) is 0 Å². The third kappa shape index (κ3) is 6.09. The second kappa shape index (κ2) is 8.91. The Labute approximate surface area is 154 Å². The maximum Gasteiger partial charge on any atom is 0.303 e. The first-order valence-electron chi connectivity index (χ1n) is 8.57. The second-order valence-electron chi connectivity index (χ2n) is 6.88. The van der Waals surface area contributed by atoms with Crippen LogP contribution < -0.4 is 4.74 Å². The number of halogens is 1. The van der Waals surface area contributed by atoms with Gasteiger partial charge in [-0.05, 0) is 53.1 Å². The Morgan fingerprint density at radius 3 is 2.36 bits per heavy atom. The minimum absolute atomic E-state index is 0.0149. The van der Waals surface area contributed by atoms with E-state index in [0.29, 0.717) is 12.5 Å². The lowest BCUT2D eigenvalue weighted by Crippen LogP contribution is -2.03. The van der Waals surface area contributed by atoms with Gasteiger partial charge >= 0.3 is 5.97 Å². The Morgan fingerprint density at radius 2 is 1.80 bits per heavy atom. The molecule has 0 heterocycles. The number of benzene rings is 2. The van der Waals surface area contributed by atoms with Crippen molar-refractivity contribution in [2.75, 3.05) is 0 Å². The van der Waals surface area contributed by atoms with E-state index in [9.17, 15) is 4.79 Å². The molecule has 134 valence electrons. The minimum atomic E-state index is -0.786. The van der Waals surface area contributed by atoms with Crippen molar-refractivity contribution in [2.45, 2.75) is 46.1 Å². The first-order chi connectivity index (χ1) is 11.8. The second-order valence-corrected chi connectivity index (χ2v) is 7.29. The third-order valence-corrected chi connectivity index (χ3v) is 4.43. The monoisotopic (exact) mass is 360 g/mol. The molecule has 0 unspecified atom stereocenters. The molecule has 0 amide bonds. The highest BCUT2D eigenvalue weighted by Crippen LogP contribution is 2.24. The van der Waals surface area contributed by atoms with Crippen molar-refractivity contribution in [1.82, 2.24) is 0 Å². The summed E-state index contributed by atoms with van der Waals surface area (Å²) in [5.74, 6) is 0.528. The Balaban J connectivity index is 1.95. The molecule has 0 saturated heterocycles. The van der Waals surface area contributed by atoms with Crippen molar-refractivity contribution < 1.29 is 14.6 Å². The zero-order valence-electron chi connectivity index (χ0n) is 15.0. The Hall–Kier alpha value is -2.00. The zero-order chi connectivity index (χ0) is 18.4. The molecule has 2 rings (SSSR count). The maximum atomic E-state index is 10.8. The van der Waals surface area contributed by atoms with Crippen LogP contribution in [-0.2, 0) is 17.8 Å². The number of hydrogen-bond acceptors (Lipinski definition) is 2. The fourth-order valence-corrected chi connectivity index (χ4v) is 3.01. The lowest BCUT2D eigenvalue weighted by Gasteiger charge is -2.12. The quantitative estimate of drug-likeness (QED) is 0.657. The number of ether oxygens (including phenoxy) is 1. The summed E-state index contributed by atoms with van der Waals surface area (Å²) in [5, 5.41) is 9.65. The summed E-state index contributed by atoms with van der Waals surface area (Å²) in [7, 11) is 0. The molecule has 0 aliphatic heterocycles. The minimum Gasteiger partial charge on any atom is -0.489 e. The summed E-state index contributed by atoms with van der Waals surface area (Å²) in [6.45, 7) is 6.71. The molecule has 2 aromatic carbocycles. The molecule has 0 radical (unpaired) electrons. The van der Waals surface area contributed by atoms with Gasteiger partial charge < -0.3 is 9.84 Å². The number of rotatable bonds is 8. The van der Waals surface area contributed by atoms with Crippen LogP contribution in [0.25, 0.3) is 0 Å². The number of hydrogen-bond donors (Lipinski definition) is 1. The molecule has 25 heavy (non-hydrogen) atoms. The maximum absolute atomic E-state index is 10.8. The van der Waals surface area contributed by atoms with Crippen molar-refractivity contribution >= 4 is 17.6 Å². The van der Waals surface area contributed by atoms with E-state index in [1.165, 1.54) is 0 Å². The van der Waals surface area contributed by atoms with Gasteiger partial charge in [0.05, 0.1) is 6.42 Å². The fourth-order valence-electron chi connectivity index (χ4n) is 2.73. The highest BCUT2D eigenvalue weighted by molar-refractivity contribution is 6.31. The molecule has 0 saturated carbocycles. The number of carboxylic acids is 1. The summed E-state index contributed by atoms with van der Waals surface area (Å²) in [6, 6.07) is 13.7. The van der Waals surface area contributed by atoms with E-state index in [1.54, 1.807) is 0 Å². The molecular weight excluding hydrogens is 336 g/mol. The molecule has 0 aromatic heterocycles. The molecular formula is C21H25ClO3. The van der Waals surface area contributed by atoms with Crippen LogP contribution in [0, 0.1) is 5.92 Å². The van der Waals surface area contributed by atoms with Crippen LogP contribution in [0.15, 0.2) is 42.5 Å².